The van der Waals surface area contributed by atoms with Gasteiger partial charge in [-0.2, -0.15) is 0 Å². The standard InChI is InChI=1S/C18H26N2O4/c1-13-11-20(12-14(2)24-13)18(23)19-16(8-9-17(21)22)10-15-6-4-3-5-7-15/h3-7,13-14,16H,8-12H2,1-2H3,(H,19,23)(H,21,22)/t13-,14+,16?. The number of nitrogens with zero attached hydrogens (tertiary/aromatic N) is 1. The summed E-state index contributed by atoms with van der Waals surface area (Å²) >= 11 is 0. The van der Waals surface area contributed by atoms with Crippen LogP contribution in [0.1, 0.15) is 32.3 Å². The van der Waals surface area contributed by atoms with Crippen molar-refractivity contribution in [1.29, 1.82) is 0 Å². The maximum Gasteiger partial charge on any atom is 0.317 e. The van der Waals surface area contributed by atoms with E-state index in [2.05, 4.69) is 5.32 Å². The fourth-order valence-electron chi connectivity index (χ4n) is 3.03. The highest BCUT2D eigenvalue weighted by atomic mass is 16.5. The summed E-state index contributed by atoms with van der Waals surface area (Å²) in [4.78, 5) is 25.2. The van der Waals surface area contributed by atoms with Crippen molar-refractivity contribution in [3.05, 3.63) is 35.9 Å². The van der Waals surface area contributed by atoms with E-state index >= 15 is 0 Å². The average molecular weight is 334 g/mol. The van der Waals surface area contributed by atoms with Gasteiger partial charge in [0.25, 0.3) is 0 Å². The van der Waals surface area contributed by atoms with Crippen molar-refractivity contribution in [2.24, 2.45) is 0 Å². The van der Waals surface area contributed by atoms with E-state index < -0.39 is 5.97 Å². The number of carbonyl (C=O) groups is 2. The van der Waals surface area contributed by atoms with Crippen LogP contribution in [0.25, 0.3) is 0 Å². The molecule has 1 aliphatic rings. The van der Waals surface area contributed by atoms with Gasteiger partial charge < -0.3 is 20.1 Å². The molecular weight excluding hydrogens is 308 g/mol. The highest BCUT2D eigenvalue weighted by molar-refractivity contribution is 5.75. The van der Waals surface area contributed by atoms with Crippen LogP contribution in [0.5, 0.6) is 0 Å². The number of aliphatic carboxylic acids is 1. The van der Waals surface area contributed by atoms with Crippen LogP contribution >= 0.6 is 0 Å². The van der Waals surface area contributed by atoms with Crippen molar-refractivity contribution < 1.29 is 19.4 Å². The van der Waals surface area contributed by atoms with Crippen LogP contribution < -0.4 is 5.32 Å². The molecule has 1 saturated heterocycles. The zero-order valence-corrected chi connectivity index (χ0v) is 14.3. The molecule has 2 N–H and O–H groups in total. The molecule has 6 heteroatoms. The topological polar surface area (TPSA) is 78.9 Å². The average Bonchev–Trinajstić information content (AvgIpc) is 2.52. The number of benzene rings is 1. The number of nitrogens with one attached hydrogen (secondary N) is 1. The van der Waals surface area contributed by atoms with Gasteiger partial charge >= 0.3 is 12.0 Å². The summed E-state index contributed by atoms with van der Waals surface area (Å²) in [6, 6.07) is 9.43. The van der Waals surface area contributed by atoms with Gasteiger partial charge in [-0.1, -0.05) is 30.3 Å². The Balaban J connectivity index is 1.98. The molecule has 1 aromatic carbocycles. The van der Waals surface area contributed by atoms with Crippen LogP contribution in [0, 0.1) is 0 Å². The van der Waals surface area contributed by atoms with Crippen LogP contribution in [0.2, 0.25) is 0 Å². The Morgan fingerprint density at radius 2 is 1.88 bits per heavy atom. The van der Waals surface area contributed by atoms with E-state index in [1.165, 1.54) is 0 Å². The number of morpholine rings is 1. The molecule has 132 valence electrons. The van der Waals surface area contributed by atoms with Gasteiger partial charge in [-0.15, -0.1) is 0 Å². The number of carboxylic acid groups (broad SMARTS) is 1. The van der Waals surface area contributed by atoms with Crippen molar-refractivity contribution in [3.8, 4) is 0 Å². The van der Waals surface area contributed by atoms with Crippen LogP contribution in [-0.4, -0.2) is 53.3 Å². The second-order valence-electron chi connectivity index (χ2n) is 6.43. The molecule has 0 spiro atoms. The summed E-state index contributed by atoms with van der Waals surface area (Å²) in [5.74, 6) is -0.851. The summed E-state index contributed by atoms with van der Waals surface area (Å²) in [5, 5.41) is 11.9. The third-order valence-electron chi connectivity index (χ3n) is 4.07. The summed E-state index contributed by atoms with van der Waals surface area (Å²) in [6.07, 6.45) is 1.08. The first-order valence-corrected chi connectivity index (χ1v) is 8.40. The van der Waals surface area contributed by atoms with Gasteiger partial charge in [-0.3, -0.25) is 4.79 Å². The number of carboxylic acids is 1. The summed E-state index contributed by atoms with van der Waals surface area (Å²) in [6.45, 7) is 4.99. The summed E-state index contributed by atoms with van der Waals surface area (Å²) < 4.78 is 5.65. The number of urea groups is 1. The quantitative estimate of drug-likeness (QED) is 0.836. The van der Waals surface area contributed by atoms with Gasteiger partial charge in [0.2, 0.25) is 0 Å². The third kappa shape index (κ3) is 5.85. The molecule has 24 heavy (non-hydrogen) atoms. The minimum absolute atomic E-state index is 0.00564. The number of carbonyl (C=O) groups excluding carboxylic acids is 1. The Morgan fingerprint density at radius 3 is 2.46 bits per heavy atom. The largest absolute Gasteiger partial charge is 0.481 e. The van der Waals surface area contributed by atoms with Crippen LogP contribution in [-0.2, 0) is 16.0 Å². The SMILES string of the molecule is C[C@@H]1CN(C(=O)NC(CCC(=O)O)Cc2ccccc2)C[C@H](C)O1. The van der Waals surface area contributed by atoms with Crippen molar-refractivity contribution in [1.82, 2.24) is 10.2 Å². The van der Waals surface area contributed by atoms with Gasteiger partial charge in [-0.25, -0.2) is 4.79 Å². The lowest BCUT2D eigenvalue weighted by Gasteiger charge is -2.36. The fourth-order valence-corrected chi connectivity index (χ4v) is 3.03. The van der Waals surface area contributed by atoms with E-state index in [-0.39, 0.29) is 30.7 Å². The van der Waals surface area contributed by atoms with Crippen molar-refractivity contribution in [2.45, 2.75) is 51.4 Å². The highest BCUT2D eigenvalue weighted by Crippen LogP contribution is 2.13. The Kier molecular flexibility index (Phi) is 6.61. The van der Waals surface area contributed by atoms with Gasteiger partial charge in [-0.05, 0) is 32.3 Å². The number of hydrogen-bond acceptors (Lipinski definition) is 3. The second kappa shape index (κ2) is 8.68. The molecule has 2 amide bonds. The van der Waals surface area contributed by atoms with Gasteiger partial charge in [0.05, 0.1) is 12.2 Å². The maximum absolute atomic E-state index is 12.5. The molecule has 1 unspecified atom stereocenters. The zero-order chi connectivity index (χ0) is 17.5. The predicted octanol–water partition coefficient (Wildman–Crippen LogP) is 2.28. The molecule has 1 aliphatic heterocycles. The molecule has 0 bridgehead atoms. The molecule has 1 fully saturated rings. The predicted molar refractivity (Wildman–Crippen MR) is 90.9 cm³/mol. The molecule has 0 radical (unpaired) electrons. The van der Waals surface area contributed by atoms with Gasteiger partial charge in [0, 0.05) is 25.6 Å². The number of ether oxygens (including phenoxy) is 1. The molecule has 1 aromatic rings. The number of hydrogen-bond donors (Lipinski definition) is 2. The Morgan fingerprint density at radius 1 is 1.25 bits per heavy atom. The number of rotatable bonds is 6. The Hall–Kier alpha value is -2.08. The van der Waals surface area contributed by atoms with Crippen LogP contribution in [0.4, 0.5) is 4.79 Å². The summed E-state index contributed by atoms with van der Waals surface area (Å²) in [5.41, 5.74) is 1.08. The Labute approximate surface area is 142 Å². The minimum atomic E-state index is -0.851. The van der Waals surface area contributed by atoms with E-state index in [0.29, 0.717) is 25.9 Å². The Bertz CT molecular complexity index is 539. The molecule has 2 rings (SSSR count). The van der Waals surface area contributed by atoms with Crippen molar-refractivity contribution >= 4 is 12.0 Å². The van der Waals surface area contributed by atoms with E-state index in [9.17, 15) is 9.59 Å². The lowest BCUT2D eigenvalue weighted by molar-refractivity contribution is -0.137. The first-order chi connectivity index (χ1) is 11.4. The van der Waals surface area contributed by atoms with E-state index in [0.717, 1.165) is 5.56 Å². The second-order valence-corrected chi connectivity index (χ2v) is 6.43. The molecule has 0 saturated carbocycles. The third-order valence-corrected chi connectivity index (χ3v) is 4.07. The van der Waals surface area contributed by atoms with E-state index in [1.54, 1.807) is 4.90 Å². The molecular formula is C18H26N2O4. The van der Waals surface area contributed by atoms with Crippen LogP contribution in [0.3, 0.4) is 0 Å². The van der Waals surface area contributed by atoms with Crippen molar-refractivity contribution in [3.63, 3.8) is 0 Å². The highest BCUT2D eigenvalue weighted by Gasteiger charge is 2.27. The summed E-state index contributed by atoms with van der Waals surface area (Å²) in [7, 11) is 0. The first-order valence-electron chi connectivity index (χ1n) is 8.40. The minimum Gasteiger partial charge on any atom is -0.481 e. The monoisotopic (exact) mass is 334 g/mol. The smallest absolute Gasteiger partial charge is 0.317 e. The van der Waals surface area contributed by atoms with Gasteiger partial charge in [0.15, 0.2) is 0 Å². The van der Waals surface area contributed by atoms with Crippen LogP contribution in [0.15, 0.2) is 30.3 Å². The van der Waals surface area contributed by atoms with Gasteiger partial charge in [0.1, 0.15) is 0 Å². The molecule has 0 aromatic heterocycles. The zero-order valence-electron chi connectivity index (χ0n) is 14.3. The van der Waals surface area contributed by atoms with Crippen molar-refractivity contribution in [2.75, 3.05) is 13.1 Å². The molecule has 1 heterocycles. The first kappa shape index (κ1) is 18.3. The van der Waals surface area contributed by atoms with E-state index in [4.69, 9.17) is 9.84 Å². The fraction of sp³-hybridized carbons (Fsp3) is 0.556. The van der Waals surface area contributed by atoms with E-state index in [1.807, 2.05) is 44.2 Å². The molecule has 0 aliphatic carbocycles. The molecule has 3 atom stereocenters. The number of amides is 2. The lowest BCUT2D eigenvalue weighted by Crippen LogP contribution is -2.53. The normalized spacial score (nSPS) is 22.0. The molecule has 6 nitrogen and oxygen atoms in total. The lowest BCUT2D eigenvalue weighted by atomic mass is 10.0. The maximum atomic E-state index is 12.5.